The van der Waals surface area contributed by atoms with Crippen molar-refractivity contribution in [3.63, 3.8) is 0 Å². The molecule has 1 heterocycles. The molecule has 6 nitrogen and oxygen atoms in total. The summed E-state index contributed by atoms with van der Waals surface area (Å²) in [4.78, 5) is 29.3. The predicted molar refractivity (Wildman–Crippen MR) is 128 cm³/mol. The van der Waals surface area contributed by atoms with Crippen molar-refractivity contribution in [1.82, 2.24) is 15.1 Å². The number of amides is 2. The van der Waals surface area contributed by atoms with Crippen LogP contribution in [0.4, 0.5) is 5.69 Å². The zero-order valence-corrected chi connectivity index (χ0v) is 20.0. The minimum absolute atomic E-state index is 0.00542. The number of benzene rings is 2. The number of aryl methyl sites for hydroxylation is 2. The number of hydrogen-bond donors (Lipinski definition) is 2. The fourth-order valence-corrected chi connectivity index (χ4v) is 4.52. The molecule has 1 aliphatic heterocycles. The molecule has 1 atom stereocenters. The molecule has 1 saturated heterocycles. The van der Waals surface area contributed by atoms with Gasteiger partial charge in [0, 0.05) is 36.3 Å². The first-order valence-corrected chi connectivity index (χ1v) is 11.5. The van der Waals surface area contributed by atoms with E-state index in [1.165, 1.54) is 0 Å². The SMILES string of the molecule is Cc1cccc(C)c1NC(=O)CN1CCN(CC(=O)N[C@H](C)c2ccccc2Br)CC1. The molecule has 2 aromatic carbocycles. The van der Waals surface area contributed by atoms with Crippen LogP contribution in [-0.2, 0) is 9.59 Å². The lowest BCUT2D eigenvalue weighted by molar-refractivity contribution is -0.124. The first-order chi connectivity index (χ1) is 14.8. The Morgan fingerprint density at radius 3 is 2.03 bits per heavy atom. The van der Waals surface area contributed by atoms with Gasteiger partial charge in [-0.3, -0.25) is 19.4 Å². The molecule has 3 rings (SSSR count). The molecule has 1 aliphatic rings. The Balaban J connectivity index is 1.41. The van der Waals surface area contributed by atoms with Crippen molar-refractivity contribution in [3.05, 3.63) is 63.6 Å². The van der Waals surface area contributed by atoms with Gasteiger partial charge >= 0.3 is 0 Å². The standard InChI is InChI=1S/C24H31BrN4O2/c1-17-7-6-8-18(2)24(17)27-23(31)16-29-13-11-28(12-14-29)15-22(30)26-19(3)20-9-4-5-10-21(20)25/h4-10,19H,11-16H2,1-3H3,(H,26,30)(H,27,31)/t19-/m1/s1. The van der Waals surface area contributed by atoms with E-state index in [1.807, 2.05) is 63.2 Å². The summed E-state index contributed by atoms with van der Waals surface area (Å²) in [6.45, 7) is 9.82. The molecule has 0 spiro atoms. The van der Waals surface area contributed by atoms with Gasteiger partial charge in [-0.25, -0.2) is 0 Å². The second-order valence-corrected chi connectivity index (χ2v) is 9.03. The van der Waals surface area contributed by atoms with Crippen molar-refractivity contribution >= 4 is 33.4 Å². The zero-order valence-electron chi connectivity index (χ0n) is 18.5. The van der Waals surface area contributed by atoms with Crippen LogP contribution >= 0.6 is 15.9 Å². The van der Waals surface area contributed by atoms with Crippen LogP contribution in [0.2, 0.25) is 0 Å². The van der Waals surface area contributed by atoms with Crippen LogP contribution < -0.4 is 10.6 Å². The van der Waals surface area contributed by atoms with E-state index in [1.54, 1.807) is 0 Å². The van der Waals surface area contributed by atoms with E-state index < -0.39 is 0 Å². The second-order valence-electron chi connectivity index (χ2n) is 8.18. The lowest BCUT2D eigenvalue weighted by atomic mass is 10.1. The van der Waals surface area contributed by atoms with Crippen LogP contribution in [0, 0.1) is 13.8 Å². The fourth-order valence-electron chi connectivity index (χ4n) is 3.89. The van der Waals surface area contributed by atoms with Crippen LogP contribution in [0.3, 0.4) is 0 Å². The van der Waals surface area contributed by atoms with Crippen molar-refractivity contribution in [2.45, 2.75) is 26.8 Å². The van der Waals surface area contributed by atoms with Crippen LogP contribution in [0.1, 0.15) is 29.7 Å². The summed E-state index contributed by atoms with van der Waals surface area (Å²) >= 11 is 3.54. The minimum Gasteiger partial charge on any atom is -0.348 e. The number of carbonyl (C=O) groups is 2. The van der Waals surface area contributed by atoms with Crippen molar-refractivity contribution in [2.24, 2.45) is 0 Å². The van der Waals surface area contributed by atoms with E-state index in [0.29, 0.717) is 13.1 Å². The highest BCUT2D eigenvalue weighted by atomic mass is 79.9. The van der Waals surface area contributed by atoms with E-state index >= 15 is 0 Å². The lowest BCUT2D eigenvalue weighted by Crippen LogP contribution is -2.51. The number of hydrogen-bond acceptors (Lipinski definition) is 4. The van der Waals surface area contributed by atoms with Crippen molar-refractivity contribution in [2.75, 3.05) is 44.6 Å². The van der Waals surface area contributed by atoms with Crippen LogP contribution in [0.5, 0.6) is 0 Å². The van der Waals surface area contributed by atoms with E-state index in [2.05, 4.69) is 36.4 Å². The third-order valence-electron chi connectivity index (χ3n) is 5.69. The van der Waals surface area contributed by atoms with E-state index in [4.69, 9.17) is 0 Å². The molecule has 0 bridgehead atoms. The molecule has 166 valence electrons. The third kappa shape index (κ3) is 6.63. The number of halogens is 1. The molecule has 0 unspecified atom stereocenters. The smallest absolute Gasteiger partial charge is 0.238 e. The topological polar surface area (TPSA) is 64.7 Å². The molecule has 31 heavy (non-hydrogen) atoms. The van der Waals surface area contributed by atoms with E-state index in [0.717, 1.165) is 53.0 Å². The van der Waals surface area contributed by atoms with Gasteiger partial charge in [0.05, 0.1) is 19.1 Å². The molecule has 0 radical (unpaired) electrons. The molecule has 0 aliphatic carbocycles. The molecule has 2 amide bonds. The Morgan fingerprint density at radius 1 is 0.903 bits per heavy atom. The van der Waals surface area contributed by atoms with Gasteiger partial charge in [-0.15, -0.1) is 0 Å². The number of nitrogens with one attached hydrogen (secondary N) is 2. The van der Waals surface area contributed by atoms with Crippen LogP contribution in [0.25, 0.3) is 0 Å². The van der Waals surface area contributed by atoms with Crippen molar-refractivity contribution in [3.8, 4) is 0 Å². The van der Waals surface area contributed by atoms with E-state index in [9.17, 15) is 9.59 Å². The number of nitrogens with zero attached hydrogens (tertiary/aromatic N) is 2. The van der Waals surface area contributed by atoms with Crippen LogP contribution in [-0.4, -0.2) is 60.9 Å². The minimum atomic E-state index is -0.0574. The summed E-state index contributed by atoms with van der Waals surface area (Å²) in [5, 5.41) is 6.13. The highest BCUT2D eigenvalue weighted by Gasteiger charge is 2.22. The molecule has 7 heteroatoms. The number of piperazine rings is 1. The lowest BCUT2D eigenvalue weighted by Gasteiger charge is -2.34. The molecule has 2 N–H and O–H groups in total. The molecule has 0 saturated carbocycles. The first kappa shape index (κ1) is 23.4. The first-order valence-electron chi connectivity index (χ1n) is 10.7. The molecule has 0 aromatic heterocycles. The van der Waals surface area contributed by atoms with Gasteiger partial charge < -0.3 is 10.6 Å². The van der Waals surface area contributed by atoms with Crippen LogP contribution in [0.15, 0.2) is 46.9 Å². The van der Waals surface area contributed by atoms with Gasteiger partial charge in [-0.05, 0) is 43.5 Å². The third-order valence-corrected chi connectivity index (χ3v) is 6.42. The molecule has 1 fully saturated rings. The largest absolute Gasteiger partial charge is 0.348 e. The maximum Gasteiger partial charge on any atom is 0.238 e. The Bertz CT molecular complexity index is 905. The van der Waals surface area contributed by atoms with Gasteiger partial charge in [0.15, 0.2) is 0 Å². The predicted octanol–water partition coefficient (Wildman–Crippen LogP) is 3.50. The van der Waals surface area contributed by atoms with E-state index in [-0.39, 0.29) is 17.9 Å². The second kappa shape index (κ2) is 10.9. The Kier molecular flexibility index (Phi) is 8.23. The summed E-state index contributed by atoms with van der Waals surface area (Å²) in [6.07, 6.45) is 0. The number of anilines is 1. The summed E-state index contributed by atoms with van der Waals surface area (Å²) in [5.41, 5.74) is 4.11. The van der Waals surface area contributed by atoms with Gasteiger partial charge in [-0.1, -0.05) is 52.3 Å². The number of rotatable bonds is 7. The molecular formula is C24H31BrN4O2. The average molecular weight is 487 g/mol. The Labute approximate surface area is 193 Å². The normalized spacial score (nSPS) is 16.0. The quantitative estimate of drug-likeness (QED) is 0.628. The van der Waals surface area contributed by atoms with Gasteiger partial charge in [0.1, 0.15) is 0 Å². The van der Waals surface area contributed by atoms with Crippen molar-refractivity contribution < 1.29 is 9.59 Å². The maximum absolute atomic E-state index is 12.5. The highest BCUT2D eigenvalue weighted by Crippen LogP contribution is 2.22. The molecule has 2 aromatic rings. The number of carbonyl (C=O) groups excluding carboxylic acids is 2. The fraction of sp³-hybridized carbons (Fsp3) is 0.417. The van der Waals surface area contributed by atoms with Gasteiger partial charge in [-0.2, -0.15) is 0 Å². The summed E-state index contributed by atoms with van der Waals surface area (Å²) in [5.74, 6) is 0.0235. The maximum atomic E-state index is 12.5. The highest BCUT2D eigenvalue weighted by molar-refractivity contribution is 9.10. The monoisotopic (exact) mass is 486 g/mol. The Hall–Kier alpha value is -2.22. The number of para-hydroxylation sites is 1. The average Bonchev–Trinajstić information content (AvgIpc) is 2.72. The van der Waals surface area contributed by atoms with Crippen molar-refractivity contribution in [1.29, 1.82) is 0 Å². The summed E-state index contributed by atoms with van der Waals surface area (Å²) in [7, 11) is 0. The van der Waals surface area contributed by atoms with Gasteiger partial charge in [0.25, 0.3) is 0 Å². The zero-order chi connectivity index (χ0) is 22.4. The van der Waals surface area contributed by atoms with Gasteiger partial charge in [0.2, 0.25) is 11.8 Å². The molecular weight excluding hydrogens is 456 g/mol. The summed E-state index contributed by atoms with van der Waals surface area (Å²) < 4.78 is 0.996. The Morgan fingerprint density at radius 2 is 1.45 bits per heavy atom. The summed E-state index contributed by atoms with van der Waals surface area (Å²) in [6, 6.07) is 13.9.